The first-order valence-corrected chi connectivity index (χ1v) is 4.56. The zero-order valence-corrected chi connectivity index (χ0v) is 8.71. The third-order valence-corrected chi connectivity index (χ3v) is 1.83. The highest BCUT2D eigenvalue weighted by atomic mass is 16.5. The molecule has 1 N–H and O–H groups in total. The molecule has 5 nitrogen and oxygen atoms in total. The molecular weight excluding hydrogens is 210 g/mol. The highest BCUT2D eigenvalue weighted by molar-refractivity contribution is 5.73. The molecule has 0 aliphatic rings. The van der Waals surface area contributed by atoms with Crippen LogP contribution >= 0.6 is 0 Å². The van der Waals surface area contributed by atoms with E-state index in [0.29, 0.717) is 11.3 Å². The van der Waals surface area contributed by atoms with Gasteiger partial charge < -0.3 is 14.6 Å². The predicted octanol–water partition coefficient (Wildman–Crippen LogP) is 1.04. The van der Waals surface area contributed by atoms with Gasteiger partial charge in [-0.1, -0.05) is 6.07 Å². The number of methoxy groups -OCH3 is 1. The molecule has 84 valence electrons. The second-order valence-corrected chi connectivity index (χ2v) is 3.04. The molecule has 1 aromatic rings. The van der Waals surface area contributed by atoms with Crippen molar-refractivity contribution in [2.75, 3.05) is 13.7 Å². The summed E-state index contributed by atoms with van der Waals surface area (Å²) in [5.74, 6) is -0.771. The van der Waals surface area contributed by atoms with Gasteiger partial charge in [0.2, 0.25) is 6.10 Å². The summed E-state index contributed by atoms with van der Waals surface area (Å²) in [7, 11) is 1.39. The van der Waals surface area contributed by atoms with Gasteiger partial charge in [-0.15, -0.1) is 0 Å². The van der Waals surface area contributed by atoms with Crippen LogP contribution in [0, 0.1) is 11.3 Å². The zero-order chi connectivity index (χ0) is 12.0. The molecule has 0 radical (unpaired) electrons. The fraction of sp³-hybridized carbons (Fsp3) is 0.273. The third kappa shape index (κ3) is 3.26. The van der Waals surface area contributed by atoms with Crippen molar-refractivity contribution >= 4 is 5.97 Å². The van der Waals surface area contributed by atoms with Crippen LogP contribution in [0.4, 0.5) is 0 Å². The lowest BCUT2D eigenvalue weighted by Crippen LogP contribution is -2.31. The van der Waals surface area contributed by atoms with Crippen LogP contribution < -0.4 is 4.74 Å². The molecule has 1 atom stereocenters. The highest BCUT2D eigenvalue weighted by Gasteiger charge is 2.19. The summed E-state index contributed by atoms with van der Waals surface area (Å²) < 4.78 is 9.91. The van der Waals surface area contributed by atoms with Crippen molar-refractivity contribution in [3.63, 3.8) is 0 Å². The summed E-state index contributed by atoms with van der Waals surface area (Å²) in [4.78, 5) is 10.8. The second-order valence-electron chi connectivity index (χ2n) is 3.04. The number of nitriles is 1. The Labute approximate surface area is 92.8 Å². The minimum absolute atomic E-state index is 0.0495. The SMILES string of the molecule is COCC(Oc1cccc(C#N)c1)C(=O)O. The number of nitrogens with zero attached hydrogens (tertiary/aromatic N) is 1. The summed E-state index contributed by atoms with van der Waals surface area (Å²) in [5.41, 5.74) is 0.416. The molecule has 0 heterocycles. The average Bonchev–Trinajstić information content (AvgIpc) is 2.28. The van der Waals surface area contributed by atoms with Crippen molar-refractivity contribution in [3.05, 3.63) is 29.8 Å². The van der Waals surface area contributed by atoms with E-state index in [1.54, 1.807) is 18.2 Å². The van der Waals surface area contributed by atoms with Gasteiger partial charge in [0.1, 0.15) is 5.75 Å². The second kappa shape index (κ2) is 5.73. The number of rotatable bonds is 5. The van der Waals surface area contributed by atoms with Crippen LogP contribution in [0.25, 0.3) is 0 Å². The molecule has 0 spiro atoms. The number of hydrogen-bond acceptors (Lipinski definition) is 4. The van der Waals surface area contributed by atoms with E-state index in [1.165, 1.54) is 13.2 Å². The predicted molar refractivity (Wildman–Crippen MR) is 55.1 cm³/mol. The Morgan fingerprint density at radius 3 is 2.94 bits per heavy atom. The first kappa shape index (κ1) is 12.0. The smallest absolute Gasteiger partial charge is 0.347 e. The lowest BCUT2D eigenvalue weighted by Gasteiger charge is -2.13. The van der Waals surface area contributed by atoms with E-state index in [9.17, 15) is 4.79 Å². The molecule has 0 saturated carbocycles. The number of carboxylic acid groups (broad SMARTS) is 1. The zero-order valence-electron chi connectivity index (χ0n) is 8.71. The monoisotopic (exact) mass is 221 g/mol. The van der Waals surface area contributed by atoms with E-state index in [2.05, 4.69) is 0 Å². The fourth-order valence-electron chi connectivity index (χ4n) is 1.11. The van der Waals surface area contributed by atoms with Crippen LogP contribution in [0.3, 0.4) is 0 Å². The van der Waals surface area contributed by atoms with Gasteiger partial charge in [0.05, 0.1) is 18.2 Å². The first-order chi connectivity index (χ1) is 7.67. The van der Waals surface area contributed by atoms with E-state index in [4.69, 9.17) is 19.8 Å². The van der Waals surface area contributed by atoms with Crippen LogP contribution in [-0.4, -0.2) is 30.9 Å². The van der Waals surface area contributed by atoms with Gasteiger partial charge in [0.15, 0.2) is 0 Å². The Kier molecular flexibility index (Phi) is 4.30. The van der Waals surface area contributed by atoms with Gasteiger partial charge in [-0.05, 0) is 18.2 Å². The van der Waals surface area contributed by atoms with E-state index < -0.39 is 12.1 Å². The maximum atomic E-state index is 10.8. The van der Waals surface area contributed by atoms with E-state index in [-0.39, 0.29) is 6.61 Å². The van der Waals surface area contributed by atoms with Crippen molar-refractivity contribution in [3.8, 4) is 11.8 Å². The minimum Gasteiger partial charge on any atom is -0.478 e. The highest BCUT2D eigenvalue weighted by Crippen LogP contribution is 2.14. The standard InChI is InChI=1S/C11H11NO4/c1-15-7-10(11(13)14)16-9-4-2-3-8(5-9)6-12/h2-5,10H,7H2,1H3,(H,13,14). The molecule has 0 fully saturated rings. The summed E-state index contributed by atoms with van der Waals surface area (Å²) in [5, 5.41) is 17.5. The summed E-state index contributed by atoms with van der Waals surface area (Å²) in [6, 6.07) is 8.25. The number of benzene rings is 1. The number of aliphatic carboxylic acids is 1. The van der Waals surface area contributed by atoms with Gasteiger partial charge >= 0.3 is 5.97 Å². The number of ether oxygens (including phenoxy) is 2. The molecule has 0 amide bonds. The summed E-state index contributed by atoms with van der Waals surface area (Å²) >= 11 is 0. The van der Waals surface area contributed by atoms with E-state index in [1.807, 2.05) is 6.07 Å². The van der Waals surface area contributed by atoms with Crippen molar-refractivity contribution in [1.82, 2.24) is 0 Å². The van der Waals surface area contributed by atoms with Gasteiger partial charge in [0, 0.05) is 7.11 Å². The first-order valence-electron chi connectivity index (χ1n) is 4.56. The van der Waals surface area contributed by atoms with Crippen LogP contribution in [0.5, 0.6) is 5.75 Å². The van der Waals surface area contributed by atoms with Crippen LogP contribution in [0.15, 0.2) is 24.3 Å². The summed E-state index contributed by atoms with van der Waals surface area (Å²) in [6.07, 6.45) is -1.07. The van der Waals surface area contributed by atoms with Crippen molar-refractivity contribution in [1.29, 1.82) is 5.26 Å². The summed E-state index contributed by atoms with van der Waals surface area (Å²) in [6.45, 7) is -0.0495. The lowest BCUT2D eigenvalue weighted by molar-refractivity contribution is -0.147. The lowest BCUT2D eigenvalue weighted by atomic mass is 10.2. The molecule has 5 heteroatoms. The van der Waals surface area contributed by atoms with Gasteiger partial charge in [-0.3, -0.25) is 0 Å². The number of carboxylic acids is 1. The van der Waals surface area contributed by atoms with Crippen LogP contribution in [0.2, 0.25) is 0 Å². The van der Waals surface area contributed by atoms with Crippen LogP contribution in [0.1, 0.15) is 5.56 Å². The molecule has 1 unspecified atom stereocenters. The number of carbonyl (C=O) groups is 1. The van der Waals surface area contributed by atoms with Crippen molar-refractivity contribution in [2.45, 2.75) is 6.10 Å². The van der Waals surface area contributed by atoms with Crippen LogP contribution in [-0.2, 0) is 9.53 Å². The maximum absolute atomic E-state index is 10.8. The molecule has 0 aliphatic carbocycles. The molecule has 1 rings (SSSR count). The molecule has 0 aromatic heterocycles. The molecule has 0 bridgehead atoms. The van der Waals surface area contributed by atoms with Crippen molar-refractivity contribution < 1.29 is 19.4 Å². The fourth-order valence-corrected chi connectivity index (χ4v) is 1.11. The number of hydrogen-bond donors (Lipinski definition) is 1. The van der Waals surface area contributed by atoms with Gasteiger partial charge in [-0.2, -0.15) is 5.26 Å². The van der Waals surface area contributed by atoms with Gasteiger partial charge in [0.25, 0.3) is 0 Å². The topological polar surface area (TPSA) is 79.5 Å². The minimum atomic E-state index is -1.11. The Morgan fingerprint density at radius 2 is 2.38 bits per heavy atom. The molecule has 1 aromatic carbocycles. The quantitative estimate of drug-likeness (QED) is 0.803. The van der Waals surface area contributed by atoms with Gasteiger partial charge in [-0.25, -0.2) is 4.79 Å². The van der Waals surface area contributed by atoms with E-state index >= 15 is 0 Å². The average molecular weight is 221 g/mol. The molecular formula is C11H11NO4. The maximum Gasteiger partial charge on any atom is 0.347 e. The Hall–Kier alpha value is -2.06. The normalized spacial score (nSPS) is 11.5. The molecule has 0 aliphatic heterocycles. The third-order valence-electron chi connectivity index (χ3n) is 1.83. The molecule has 16 heavy (non-hydrogen) atoms. The largest absolute Gasteiger partial charge is 0.478 e. The van der Waals surface area contributed by atoms with Crippen molar-refractivity contribution in [2.24, 2.45) is 0 Å². The molecule has 0 saturated heterocycles. The Bertz CT molecular complexity index is 411. The Morgan fingerprint density at radius 1 is 1.62 bits per heavy atom. The Balaban J connectivity index is 2.77. The van der Waals surface area contributed by atoms with E-state index in [0.717, 1.165) is 0 Å².